The van der Waals surface area contributed by atoms with Gasteiger partial charge in [0.2, 0.25) is 0 Å². The Morgan fingerprint density at radius 2 is 1.82 bits per heavy atom. The predicted octanol–water partition coefficient (Wildman–Crippen LogP) is 2.43. The molecule has 0 aliphatic rings. The van der Waals surface area contributed by atoms with Gasteiger partial charge in [-0.3, -0.25) is 15.2 Å². The van der Waals surface area contributed by atoms with Gasteiger partial charge in [-0.15, -0.1) is 9.78 Å². The molecule has 1 unspecified atom stereocenters. The second-order valence-electron chi connectivity index (χ2n) is 8.58. The molecule has 12 nitrogen and oxygen atoms in total. The van der Waals surface area contributed by atoms with E-state index in [2.05, 4.69) is 20.1 Å². The van der Waals surface area contributed by atoms with E-state index in [0.29, 0.717) is 36.8 Å². The number of nitrogens with two attached hydrogens (primary N) is 1. The molecular formula is C27H31N7O5. The lowest BCUT2D eigenvalue weighted by Crippen LogP contribution is -2.18. The summed E-state index contributed by atoms with van der Waals surface area (Å²) in [7, 11) is 1.63. The van der Waals surface area contributed by atoms with Crippen molar-refractivity contribution in [1.82, 2.24) is 24.7 Å². The fourth-order valence-electron chi connectivity index (χ4n) is 3.77. The zero-order valence-electron chi connectivity index (χ0n) is 21.9. The number of nitrogens with zero attached hydrogens (tertiary/aromatic N) is 4. The highest BCUT2D eigenvalue weighted by Crippen LogP contribution is 2.30. The van der Waals surface area contributed by atoms with Crippen LogP contribution in [-0.2, 0) is 16.0 Å². The number of aliphatic carboxylic acids is 1. The van der Waals surface area contributed by atoms with Crippen molar-refractivity contribution in [2.75, 3.05) is 20.3 Å². The van der Waals surface area contributed by atoms with Gasteiger partial charge in [-0.25, -0.2) is 14.8 Å². The molecule has 2 aromatic heterocycles. The van der Waals surface area contributed by atoms with Crippen molar-refractivity contribution < 1.29 is 19.4 Å². The molecule has 0 saturated carbocycles. The van der Waals surface area contributed by atoms with Crippen molar-refractivity contribution in [1.29, 1.82) is 5.41 Å². The van der Waals surface area contributed by atoms with Crippen LogP contribution in [0, 0.1) is 12.3 Å². The number of hydrogen-bond donors (Lipinski definition) is 4. The van der Waals surface area contributed by atoms with Crippen LogP contribution in [0.5, 0.6) is 5.75 Å². The average molecular weight is 534 g/mol. The van der Waals surface area contributed by atoms with E-state index in [4.69, 9.17) is 30.5 Å². The second kappa shape index (κ2) is 13.6. The van der Waals surface area contributed by atoms with Crippen molar-refractivity contribution in [2.24, 2.45) is 5.73 Å². The lowest BCUT2D eigenvalue weighted by Gasteiger charge is -2.18. The number of aromatic amines is 1. The lowest BCUT2D eigenvalue weighted by molar-refractivity contribution is -0.134. The molecule has 39 heavy (non-hydrogen) atoms. The number of H-pyrrole nitrogens is 1. The van der Waals surface area contributed by atoms with E-state index in [1.807, 2.05) is 49.4 Å². The molecule has 2 aromatic carbocycles. The van der Waals surface area contributed by atoms with Crippen molar-refractivity contribution in [3.05, 3.63) is 99.5 Å². The summed E-state index contributed by atoms with van der Waals surface area (Å²) in [6, 6.07) is 15.1. The van der Waals surface area contributed by atoms with Gasteiger partial charge in [-0.05, 0) is 48.2 Å². The fourth-order valence-corrected chi connectivity index (χ4v) is 3.77. The monoisotopic (exact) mass is 533 g/mol. The molecule has 0 aliphatic carbocycles. The van der Waals surface area contributed by atoms with E-state index in [9.17, 15) is 4.79 Å². The number of amidine groups is 1. The van der Waals surface area contributed by atoms with Crippen LogP contribution in [0.15, 0.2) is 65.7 Å². The number of carbonyl (C=O) groups is 1. The summed E-state index contributed by atoms with van der Waals surface area (Å²) >= 11 is 0. The molecule has 5 N–H and O–H groups in total. The molecule has 4 rings (SSSR count). The zero-order valence-corrected chi connectivity index (χ0v) is 21.9. The molecule has 0 amide bonds. The van der Waals surface area contributed by atoms with E-state index in [0.717, 1.165) is 28.3 Å². The molecule has 0 bridgehead atoms. The number of methoxy groups -OCH3 is 1. The van der Waals surface area contributed by atoms with Crippen LogP contribution >= 0.6 is 0 Å². The SMILES string of the molecule is CC(=O)O.COCCOc1cc(C)cc(C(Cc2ccc(C(=N)N)cc2)c2nn(-c3ncccn3)c(=O)[nH]2)c1. The van der Waals surface area contributed by atoms with Gasteiger partial charge in [0.15, 0.2) is 0 Å². The number of aromatic nitrogens is 5. The predicted molar refractivity (Wildman–Crippen MR) is 145 cm³/mol. The molecule has 0 radical (unpaired) electrons. The average Bonchev–Trinajstić information content (AvgIpc) is 3.28. The van der Waals surface area contributed by atoms with Gasteiger partial charge < -0.3 is 20.3 Å². The van der Waals surface area contributed by atoms with Gasteiger partial charge in [0.1, 0.15) is 24.0 Å². The second-order valence-corrected chi connectivity index (χ2v) is 8.58. The molecule has 0 saturated heterocycles. The van der Waals surface area contributed by atoms with Crippen molar-refractivity contribution >= 4 is 11.8 Å². The van der Waals surface area contributed by atoms with Gasteiger partial charge in [-0.1, -0.05) is 30.3 Å². The van der Waals surface area contributed by atoms with Crippen LogP contribution in [0.4, 0.5) is 0 Å². The van der Waals surface area contributed by atoms with E-state index in [1.165, 1.54) is 0 Å². The highest BCUT2D eigenvalue weighted by Gasteiger charge is 2.22. The first-order valence-corrected chi connectivity index (χ1v) is 12.0. The number of aryl methyl sites for hydroxylation is 1. The van der Waals surface area contributed by atoms with Crippen molar-refractivity contribution in [2.45, 2.75) is 26.2 Å². The van der Waals surface area contributed by atoms with Crippen molar-refractivity contribution in [3.8, 4) is 11.7 Å². The third-order valence-corrected chi connectivity index (χ3v) is 5.44. The largest absolute Gasteiger partial charge is 0.491 e. The smallest absolute Gasteiger partial charge is 0.350 e. The van der Waals surface area contributed by atoms with Crippen LogP contribution in [0.2, 0.25) is 0 Å². The summed E-state index contributed by atoms with van der Waals surface area (Å²) in [6.07, 6.45) is 3.66. The lowest BCUT2D eigenvalue weighted by atomic mass is 9.90. The summed E-state index contributed by atoms with van der Waals surface area (Å²) in [4.78, 5) is 32.9. The number of nitrogens with one attached hydrogen (secondary N) is 2. The van der Waals surface area contributed by atoms with Gasteiger partial charge in [0, 0.05) is 37.9 Å². The molecule has 4 aromatic rings. The number of rotatable bonds is 10. The summed E-state index contributed by atoms with van der Waals surface area (Å²) in [5.74, 6) is 0.266. The number of carboxylic acid groups (broad SMARTS) is 1. The summed E-state index contributed by atoms with van der Waals surface area (Å²) in [5, 5.41) is 19.6. The maximum absolute atomic E-state index is 12.7. The first-order valence-electron chi connectivity index (χ1n) is 12.0. The standard InChI is InChI=1S/C25H27N7O3.C2H4O2/c1-16-12-19(15-20(13-16)35-11-10-34-2)21(14-17-4-6-18(7-5-17)22(26)27)23-30-25(33)32(31-23)24-28-8-3-9-29-24;1-2(3)4/h3-9,12-13,15,21H,10-11,14H2,1-2H3,(H3,26,27)(H,30,31,33);1H3,(H,3,4). The van der Waals surface area contributed by atoms with Crippen LogP contribution in [0.1, 0.15) is 40.9 Å². The van der Waals surface area contributed by atoms with Gasteiger partial charge in [0.05, 0.1) is 6.61 Å². The van der Waals surface area contributed by atoms with Crippen LogP contribution in [0.3, 0.4) is 0 Å². The number of ether oxygens (including phenoxy) is 2. The highest BCUT2D eigenvalue weighted by molar-refractivity contribution is 5.94. The maximum Gasteiger partial charge on any atom is 0.350 e. The Labute approximate surface area is 225 Å². The van der Waals surface area contributed by atoms with E-state index in [-0.39, 0.29) is 17.7 Å². The van der Waals surface area contributed by atoms with Crippen LogP contribution in [0.25, 0.3) is 5.95 Å². The Hall–Kier alpha value is -4.84. The van der Waals surface area contributed by atoms with E-state index < -0.39 is 11.7 Å². The molecular weight excluding hydrogens is 502 g/mol. The molecule has 0 fully saturated rings. The van der Waals surface area contributed by atoms with Gasteiger partial charge >= 0.3 is 5.69 Å². The Balaban J connectivity index is 0.000000983. The quantitative estimate of drug-likeness (QED) is 0.135. The minimum absolute atomic E-state index is 0.00978. The molecule has 12 heteroatoms. The Morgan fingerprint density at radius 1 is 1.15 bits per heavy atom. The number of carboxylic acids is 1. The summed E-state index contributed by atoms with van der Waals surface area (Å²) < 4.78 is 12.1. The first-order chi connectivity index (χ1) is 18.7. The number of nitrogen functional groups attached to an aromatic ring is 1. The molecule has 0 spiro atoms. The van der Waals surface area contributed by atoms with Crippen molar-refractivity contribution in [3.63, 3.8) is 0 Å². The molecule has 2 heterocycles. The topological polar surface area (TPSA) is 182 Å². The number of hydrogen-bond acceptors (Lipinski definition) is 8. The molecule has 0 aliphatic heterocycles. The number of benzene rings is 2. The van der Waals surface area contributed by atoms with E-state index in [1.54, 1.807) is 25.6 Å². The maximum atomic E-state index is 12.7. The third kappa shape index (κ3) is 8.33. The minimum atomic E-state index is -0.833. The normalized spacial score (nSPS) is 11.3. The van der Waals surface area contributed by atoms with Gasteiger partial charge in [0.25, 0.3) is 11.9 Å². The first kappa shape index (κ1) is 28.7. The molecule has 1 atom stereocenters. The minimum Gasteiger partial charge on any atom is -0.491 e. The highest BCUT2D eigenvalue weighted by atomic mass is 16.5. The molecule has 204 valence electrons. The fraction of sp³-hybridized carbons (Fsp3) is 0.259. The third-order valence-electron chi connectivity index (χ3n) is 5.44. The van der Waals surface area contributed by atoms with Gasteiger partial charge in [-0.2, -0.15) is 0 Å². The Bertz CT molecular complexity index is 1450. The zero-order chi connectivity index (χ0) is 28.4. The Kier molecular flexibility index (Phi) is 10.0. The Morgan fingerprint density at radius 3 is 2.44 bits per heavy atom. The summed E-state index contributed by atoms with van der Waals surface area (Å²) in [5.41, 5.74) is 8.77. The van der Waals surface area contributed by atoms with Crippen LogP contribution in [-0.4, -0.2) is 62.0 Å². The van der Waals surface area contributed by atoms with Crippen LogP contribution < -0.4 is 16.2 Å². The summed E-state index contributed by atoms with van der Waals surface area (Å²) in [6.45, 7) is 3.97. The van der Waals surface area contributed by atoms with E-state index >= 15 is 0 Å².